The van der Waals surface area contributed by atoms with Gasteiger partial charge in [-0.25, -0.2) is 4.18 Å². The summed E-state index contributed by atoms with van der Waals surface area (Å²) in [6, 6.07) is -0.475. The number of hydrogen-bond donors (Lipinski definition) is 2. The van der Waals surface area contributed by atoms with E-state index in [4.69, 9.17) is 10.8 Å². The number of hydrogen-bond acceptors (Lipinski definition) is 5. The Bertz CT molecular complexity index is 174. The first-order valence-electron chi connectivity index (χ1n) is 2.71. The fraction of sp³-hybridized carbons (Fsp3) is 1.00. The van der Waals surface area contributed by atoms with Crippen LogP contribution in [0.3, 0.4) is 0 Å². The van der Waals surface area contributed by atoms with E-state index in [1.54, 1.807) is 0 Å². The molecule has 0 aromatic carbocycles. The average molecular weight is 169 g/mol. The van der Waals surface area contributed by atoms with E-state index < -0.39 is 23.0 Å². The minimum atomic E-state index is -3.61. The zero-order valence-corrected chi connectivity index (χ0v) is 6.47. The third-order valence-corrected chi connectivity index (χ3v) is 2.10. The van der Waals surface area contributed by atoms with Gasteiger partial charge in [-0.2, -0.15) is 8.42 Å². The lowest BCUT2D eigenvalue weighted by molar-refractivity contribution is 0.105. The lowest BCUT2D eigenvalue weighted by atomic mass is 10.4. The Morgan fingerprint density at radius 3 is 2.50 bits per heavy atom. The van der Waals surface area contributed by atoms with Crippen LogP contribution in [0.15, 0.2) is 0 Å². The van der Waals surface area contributed by atoms with Crippen LogP contribution in [-0.2, 0) is 14.3 Å². The second kappa shape index (κ2) is 3.87. The molecule has 1 unspecified atom stereocenters. The molecule has 10 heavy (non-hydrogen) atoms. The normalized spacial score (nSPS) is 15.1. The molecule has 0 rings (SSSR count). The van der Waals surface area contributed by atoms with Crippen LogP contribution in [0.1, 0.15) is 6.92 Å². The summed E-state index contributed by atoms with van der Waals surface area (Å²) in [4.78, 5) is 0. The van der Waals surface area contributed by atoms with E-state index in [0.717, 1.165) is 0 Å². The summed E-state index contributed by atoms with van der Waals surface area (Å²) in [5, 5.41) is 8.07. The Balaban J connectivity index is 3.89. The molecule has 0 aliphatic heterocycles. The number of aliphatic hydroxyl groups is 1. The van der Waals surface area contributed by atoms with Crippen molar-refractivity contribution in [1.82, 2.24) is 0 Å². The molecule has 0 amide bonds. The van der Waals surface area contributed by atoms with E-state index in [0.29, 0.717) is 0 Å². The van der Waals surface area contributed by atoms with E-state index in [1.807, 2.05) is 0 Å². The van der Waals surface area contributed by atoms with E-state index in [1.165, 1.54) is 6.92 Å². The Labute approximate surface area is 59.9 Å². The molecule has 6 heteroatoms. The van der Waals surface area contributed by atoms with Gasteiger partial charge in [-0.15, -0.1) is 0 Å². The maximum Gasteiger partial charge on any atom is 0.271 e. The van der Waals surface area contributed by atoms with Crippen molar-refractivity contribution < 1.29 is 17.7 Å². The van der Waals surface area contributed by atoms with Gasteiger partial charge in [-0.3, -0.25) is 0 Å². The summed E-state index contributed by atoms with van der Waals surface area (Å²) in [5.74, 6) is -0.270. The Morgan fingerprint density at radius 2 is 2.20 bits per heavy atom. The Morgan fingerprint density at radius 1 is 1.70 bits per heavy atom. The van der Waals surface area contributed by atoms with Crippen molar-refractivity contribution in [2.24, 2.45) is 5.73 Å². The van der Waals surface area contributed by atoms with Gasteiger partial charge in [-0.05, 0) is 6.92 Å². The van der Waals surface area contributed by atoms with Crippen LogP contribution in [0.5, 0.6) is 0 Å². The quantitative estimate of drug-likeness (QED) is 0.400. The maximum absolute atomic E-state index is 10.6. The molecule has 0 heterocycles. The van der Waals surface area contributed by atoms with Crippen LogP contribution in [0.2, 0.25) is 0 Å². The fourth-order valence-electron chi connectivity index (χ4n) is 0.450. The Hall–Kier alpha value is -0.170. The molecule has 0 aromatic rings. The van der Waals surface area contributed by atoms with Crippen LogP contribution < -0.4 is 5.73 Å². The van der Waals surface area contributed by atoms with Gasteiger partial charge in [0.15, 0.2) is 6.79 Å². The minimum Gasteiger partial charge on any atom is -0.369 e. The van der Waals surface area contributed by atoms with Gasteiger partial charge in [0.05, 0.1) is 5.75 Å². The van der Waals surface area contributed by atoms with Crippen LogP contribution in [-0.4, -0.2) is 32.1 Å². The topological polar surface area (TPSA) is 89.6 Å². The summed E-state index contributed by atoms with van der Waals surface area (Å²) in [6.45, 7) is 0.716. The zero-order chi connectivity index (χ0) is 8.20. The van der Waals surface area contributed by atoms with Crippen LogP contribution >= 0.6 is 0 Å². The standard InChI is InChI=1S/C4H11NO4S/c1-4(5)2-10(7,8)9-3-6/h4,6H,2-3,5H2,1H3. The summed E-state index contributed by atoms with van der Waals surface area (Å²) in [7, 11) is -3.61. The molecular formula is C4H11NO4S. The summed E-state index contributed by atoms with van der Waals surface area (Å²) < 4.78 is 25.1. The molecule has 0 saturated carbocycles. The van der Waals surface area contributed by atoms with Crippen LogP contribution in [0.4, 0.5) is 0 Å². The smallest absolute Gasteiger partial charge is 0.271 e. The fourth-order valence-corrected chi connectivity index (χ4v) is 1.35. The van der Waals surface area contributed by atoms with Crippen molar-refractivity contribution in [3.05, 3.63) is 0 Å². The molecular weight excluding hydrogens is 158 g/mol. The maximum atomic E-state index is 10.6. The molecule has 0 aliphatic carbocycles. The van der Waals surface area contributed by atoms with Gasteiger partial charge < -0.3 is 10.8 Å². The average Bonchev–Trinajstić information content (AvgIpc) is 1.59. The van der Waals surface area contributed by atoms with Crippen molar-refractivity contribution in [1.29, 1.82) is 0 Å². The summed E-state index contributed by atoms with van der Waals surface area (Å²) in [6.07, 6.45) is 0. The van der Waals surface area contributed by atoms with Gasteiger partial charge in [0, 0.05) is 6.04 Å². The van der Waals surface area contributed by atoms with Crippen molar-refractivity contribution in [2.75, 3.05) is 12.5 Å². The number of rotatable bonds is 4. The second-order valence-electron chi connectivity index (χ2n) is 1.95. The highest BCUT2D eigenvalue weighted by atomic mass is 32.2. The van der Waals surface area contributed by atoms with Crippen LogP contribution in [0.25, 0.3) is 0 Å². The van der Waals surface area contributed by atoms with Gasteiger partial charge in [0.1, 0.15) is 0 Å². The summed E-state index contributed by atoms with van der Waals surface area (Å²) in [5.41, 5.74) is 5.17. The lowest BCUT2D eigenvalue weighted by Crippen LogP contribution is -2.27. The van der Waals surface area contributed by atoms with Gasteiger partial charge in [-0.1, -0.05) is 0 Å². The first-order valence-corrected chi connectivity index (χ1v) is 4.29. The second-order valence-corrected chi connectivity index (χ2v) is 3.63. The molecule has 3 N–H and O–H groups in total. The molecule has 0 aromatic heterocycles. The van der Waals surface area contributed by atoms with Crippen molar-refractivity contribution >= 4 is 10.1 Å². The third-order valence-electron chi connectivity index (χ3n) is 0.699. The monoisotopic (exact) mass is 169 g/mol. The van der Waals surface area contributed by atoms with E-state index in [-0.39, 0.29) is 5.75 Å². The van der Waals surface area contributed by atoms with Crippen LogP contribution in [0, 0.1) is 0 Å². The van der Waals surface area contributed by atoms with E-state index in [9.17, 15) is 8.42 Å². The van der Waals surface area contributed by atoms with Gasteiger partial charge in [0.25, 0.3) is 10.1 Å². The third kappa shape index (κ3) is 4.68. The Kier molecular flexibility index (Phi) is 3.80. The number of nitrogens with two attached hydrogens (primary N) is 1. The molecule has 0 spiro atoms. The molecule has 62 valence electrons. The molecule has 0 bridgehead atoms. The highest BCUT2D eigenvalue weighted by molar-refractivity contribution is 7.86. The first kappa shape index (κ1) is 9.83. The van der Waals surface area contributed by atoms with E-state index >= 15 is 0 Å². The van der Waals surface area contributed by atoms with Gasteiger partial charge >= 0.3 is 0 Å². The SMILES string of the molecule is CC(N)CS(=O)(=O)OCO. The minimum absolute atomic E-state index is 0.270. The highest BCUT2D eigenvalue weighted by Gasteiger charge is 2.12. The molecule has 0 radical (unpaired) electrons. The lowest BCUT2D eigenvalue weighted by Gasteiger charge is -2.04. The predicted octanol–water partition coefficient (Wildman–Crippen LogP) is -1.37. The first-order chi connectivity index (χ1) is 4.48. The zero-order valence-electron chi connectivity index (χ0n) is 5.65. The highest BCUT2D eigenvalue weighted by Crippen LogP contribution is 1.93. The van der Waals surface area contributed by atoms with Crippen molar-refractivity contribution in [2.45, 2.75) is 13.0 Å². The molecule has 0 saturated heterocycles. The summed E-state index contributed by atoms with van der Waals surface area (Å²) >= 11 is 0. The molecule has 5 nitrogen and oxygen atoms in total. The largest absolute Gasteiger partial charge is 0.369 e. The molecule has 0 aliphatic rings. The predicted molar refractivity (Wildman–Crippen MR) is 35.6 cm³/mol. The molecule has 0 fully saturated rings. The van der Waals surface area contributed by atoms with Crippen molar-refractivity contribution in [3.8, 4) is 0 Å². The molecule has 1 atom stereocenters. The number of aliphatic hydroxyl groups excluding tert-OH is 1. The van der Waals surface area contributed by atoms with Crippen molar-refractivity contribution in [3.63, 3.8) is 0 Å². The van der Waals surface area contributed by atoms with Gasteiger partial charge in [0.2, 0.25) is 0 Å². The van der Waals surface area contributed by atoms with E-state index in [2.05, 4.69) is 4.18 Å².